The lowest BCUT2D eigenvalue weighted by atomic mass is 10.2. The van der Waals surface area contributed by atoms with Crippen molar-refractivity contribution in [2.75, 3.05) is 13.1 Å². The fourth-order valence-corrected chi connectivity index (χ4v) is 4.06. The molecular weight excluding hydrogens is 388 g/mol. The molecule has 0 aliphatic rings. The molecule has 0 saturated carbocycles. The van der Waals surface area contributed by atoms with Crippen LogP contribution in [0.2, 0.25) is 0 Å². The first-order valence-electron chi connectivity index (χ1n) is 9.91. The summed E-state index contributed by atoms with van der Waals surface area (Å²) in [6.45, 7) is 5.14. The van der Waals surface area contributed by atoms with E-state index in [-0.39, 0.29) is 32.7 Å². The number of carbonyl (C=O) groups excluding carboxylic acids is 2. The van der Waals surface area contributed by atoms with Crippen LogP contribution >= 0.6 is 0 Å². The Balaban J connectivity index is 2.24. The molecule has 0 heterocycles. The van der Waals surface area contributed by atoms with Crippen molar-refractivity contribution in [3.8, 4) is 0 Å². The van der Waals surface area contributed by atoms with Gasteiger partial charge in [-0.15, -0.1) is 0 Å². The monoisotopic (exact) mass is 416 g/mol. The number of sulfone groups is 1. The molecule has 0 aromatic heterocycles. The number of hydrogen-bond donors (Lipinski definition) is 2. The molecule has 0 unspecified atom stereocenters. The van der Waals surface area contributed by atoms with Gasteiger partial charge in [-0.25, -0.2) is 8.42 Å². The average Bonchev–Trinajstić information content (AvgIpc) is 2.74. The Morgan fingerprint density at radius 3 is 1.55 bits per heavy atom. The van der Waals surface area contributed by atoms with Crippen molar-refractivity contribution in [2.24, 2.45) is 0 Å². The number of carbonyl (C=O) groups is 2. The number of nitrogens with one attached hydrogen (secondary N) is 2. The Kier molecular flexibility index (Phi) is 8.39. The first kappa shape index (κ1) is 22.6. The molecule has 2 amide bonds. The van der Waals surface area contributed by atoms with Crippen LogP contribution in [0.4, 0.5) is 0 Å². The summed E-state index contributed by atoms with van der Waals surface area (Å²) in [4.78, 5) is 24.5. The summed E-state index contributed by atoms with van der Waals surface area (Å²) in [5.74, 6) is -0.612. The summed E-state index contributed by atoms with van der Waals surface area (Å²) in [5, 5.41) is 5.56. The lowest BCUT2D eigenvalue weighted by Crippen LogP contribution is -2.24. The zero-order chi connectivity index (χ0) is 21.3. The lowest BCUT2D eigenvalue weighted by molar-refractivity contribution is 0.0944. The highest BCUT2D eigenvalue weighted by molar-refractivity contribution is 7.91. The number of amides is 2. The molecule has 0 aliphatic carbocycles. The van der Waals surface area contributed by atoms with Gasteiger partial charge < -0.3 is 10.6 Å². The van der Waals surface area contributed by atoms with Gasteiger partial charge in [0.25, 0.3) is 11.8 Å². The number of hydrogen-bond acceptors (Lipinski definition) is 4. The van der Waals surface area contributed by atoms with Crippen LogP contribution in [0.1, 0.15) is 60.2 Å². The van der Waals surface area contributed by atoms with E-state index in [0.717, 1.165) is 25.7 Å². The van der Waals surface area contributed by atoms with Gasteiger partial charge in [-0.05, 0) is 49.2 Å². The van der Waals surface area contributed by atoms with Gasteiger partial charge in [0.1, 0.15) is 0 Å². The largest absolute Gasteiger partial charge is 0.352 e. The Hall–Kier alpha value is -2.67. The van der Waals surface area contributed by atoms with Gasteiger partial charge in [0.15, 0.2) is 0 Å². The maximum atomic E-state index is 13.0. The van der Waals surface area contributed by atoms with Crippen LogP contribution in [0.5, 0.6) is 0 Å². The van der Waals surface area contributed by atoms with E-state index in [9.17, 15) is 18.0 Å². The summed E-state index contributed by atoms with van der Waals surface area (Å²) in [6, 6.07) is 11.9. The minimum atomic E-state index is -3.86. The minimum absolute atomic E-state index is 0.0178. The molecule has 29 heavy (non-hydrogen) atoms. The molecule has 7 heteroatoms. The van der Waals surface area contributed by atoms with Crippen molar-refractivity contribution in [2.45, 2.75) is 49.3 Å². The third-order valence-electron chi connectivity index (χ3n) is 4.44. The summed E-state index contributed by atoms with van der Waals surface area (Å²) in [7, 11) is -3.86. The lowest BCUT2D eigenvalue weighted by Gasteiger charge is -2.09. The standard InChI is InChI=1S/C22H28N2O4S/c1-3-5-13-23-21(25)17-9-7-11-19(15-17)29(27,28)20-12-8-10-18(16-20)22(26)24-14-6-4-2/h7-12,15-16H,3-6,13-14H2,1-2H3,(H,23,25)(H,24,26). The maximum absolute atomic E-state index is 13.0. The van der Waals surface area contributed by atoms with E-state index in [1.54, 1.807) is 24.3 Å². The Labute approximate surface area is 172 Å². The first-order chi connectivity index (χ1) is 13.9. The van der Waals surface area contributed by atoms with E-state index in [0.29, 0.717) is 13.1 Å². The quantitative estimate of drug-likeness (QED) is 0.579. The topological polar surface area (TPSA) is 92.3 Å². The Bertz CT molecular complexity index is 883. The molecule has 2 N–H and O–H groups in total. The second-order valence-electron chi connectivity index (χ2n) is 6.78. The summed E-state index contributed by atoms with van der Waals surface area (Å²) >= 11 is 0. The van der Waals surface area contributed by atoms with Crippen molar-refractivity contribution in [1.29, 1.82) is 0 Å². The van der Waals surface area contributed by atoms with Crippen LogP contribution in [0, 0.1) is 0 Å². The molecule has 0 aliphatic heterocycles. The van der Waals surface area contributed by atoms with E-state index in [4.69, 9.17) is 0 Å². The van der Waals surface area contributed by atoms with Crippen LogP contribution in [0.15, 0.2) is 58.3 Å². The molecule has 0 bridgehead atoms. The van der Waals surface area contributed by atoms with Crippen LogP contribution in [0.3, 0.4) is 0 Å². The van der Waals surface area contributed by atoms with Crippen molar-refractivity contribution >= 4 is 21.7 Å². The number of benzene rings is 2. The normalized spacial score (nSPS) is 11.1. The van der Waals surface area contributed by atoms with Crippen molar-refractivity contribution in [3.63, 3.8) is 0 Å². The first-order valence-corrected chi connectivity index (χ1v) is 11.4. The van der Waals surface area contributed by atoms with Crippen molar-refractivity contribution < 1.29 is 18.0 Å². The molecule has 6 nitrogen and oxygen atoms in total. The van der Waals surface area contributed by atoms with Crippen molar-refractivity contribution in [3.05, 3.63) is 59.7 Å². The second kappa shape index (κ2) is 10.8. The fraction of sp³-hybridized carbons (Fsp3) is 0.364. The van der Waals surface area contributed by atoms with Crippen LogP contribution in [-0.4, -0.2) is 33.3 Å². The molecular formula is C22H28N2O4S. The van der Waals surface area contributed by atoms with Gasteiger partial charge in [0.2, 0.25) is 9.84 Å². The van der Waals surface area contributed by atoms with E-state index in [1.165, 1.54) is 24.3 Å². The summed E-state index contributed by atoms with van der Waals surface area (Å²) in [6.07, 6.45) is 3.63. The molecule has 156 valence electrons. The maximum Gasteiger partial charge on any atom is 0.251 e. The third kappa shape index (κ3) is 6.15. The van der Waals surface area contributed by atoms with Gasteiger partial charge in [0.05, 0.1) is 9.79 Å². The SMILES string of the molecule is CCCCNC(=O)c1cccc(S(=O)(=O)c2cccc(C(=O)NCCCC)c2)c1. The molecule has 0 radical (unpaired) electrons. The molecule has 2 aromatic carbocycles. The summed E-state index contributed by atoms with van der Waals surface area (Å²) in [5.41, 5.74) is 0.575. The second-order valence-corrected chi connectivity index (χ2v) is 8.73. The molecule has 2 rings (SSSR count). The van der Waals surface area contributed by atoms with Gasteiger partial charge in [-0.2, -0.15) is 0 Å². The van der Waals surface area contributed by atoms with Gasteiger partial charge >= 0.3 is 0 Å². The Morgan fingerprint density at radius 2 is 1.17 bits per heavy atom. The van der Waals surface area contributed by atoms with Crippen LogP contribution < -0.4 is 10.6 Å². The highest BCUT2D eigenvalue weighted by atomic mass is 32.2. The number of unbranched alkanes of at least 4 members (excludes halogenated alkanes) is 2. The van der Waals surface area contributed by atoms with Crippen LogP contribution in [0.25, 0.3) is 0 Å². The number of rotatable bonds is 10. The zero-order valence-electron chi connectivity index (χ0n) is 16.9. The third-order valence-corrected chi connectivity index (χ3v) is 6.19. The molecule has 0 saturated heterocycles. The van der Waals surface area contributed by atoms with E-state index >= 15 is 0 Å². The molecule has 0 atom stereocenters. The van der Waals surface area contributed by atoms with Crippen LogP contribution in [-0.2, 0) is 9.84 Å². The molecule has 0 spiro atoms. The van der Waals surface area contributed by atoms with E-state index in [1.807, 2.05) is 13.8 Å². The highest BCUT2D eigenvalue weighted by Crippen LogP contribution is 2.22. The predicted octanol–water partition coefficient (Wildman–Crippen LogP) is 3.58. The van der Waals surface area contributed by atoms with Crippen molar-refractivity contribution in [1.82, 2.24) is 10.6 Å². The van der Waals surface area contributed by atoms with Gasteiger partial charge in [0, 0.05) is 24.2 Å². The highest BCUT2D eigenvalue weighted by Gasteiger charge is 2.20. The van der Waals surface area contributed by atoms with E-state index < -0.39 is 9.84 Å². The smallest absolute Gasteiger partial charge is 0.251 e. The average molecular weight is 417 g/mol. The molecule has 2 aromatic rings. The van der Waals surface area contributed by atoms with E-state index in [2.05, 4.69) is 10.6 Å². The zero-order valence-corrected chi connectivity index (χ0v) is 17.7. The predicted molar refractivity (Wildman–Crippen MR) is 113 cm³/mol. The minimum Gasteiger partial charge on any atom is -0.352 e. The molecule has 0 fully saturated rings. The Morgan fingerprint density at radius 1 is 0.759 bits per heavy atom. The van der Waals surface area contributed by atoms with Gasteiger partial charge in [-0.1, -0.05) is 38.8 Å². The van der Waals surface area contributed by atoms with Gasteiger partial charge in [-0.3, -0.25) is 9.59 Å². The fourth-order valence-electron chi connectivity index (χ4n) is 2.71. The summed E-state index contributed by atoms with van der Waals surface area (Å²) < 4.78 is 26.1.